The van der Waals surface area contributed by atoms with Crippen LogP contribution in [0.5, 0.6) is 0 Å². The van der Waals surface area contributed by atoms with E-state index in [1.54, 1.807) is 0 Å². The maximum Gasteiger partial charge on any atom is 0.416 e. The normalized spacial score (nSPS) is 12.9. The van der Waals surface area contributed by atoms with Crippen molar-refractivity contribution in [3.8, 4) is 0 Å². The summed E-state index contributed by atoms with van der Waals surface area (Å²) in [7, 11) is 0. The van der Waals surface area contributed by atoms with E-state index < -0.39 is 29.0 Å². The molecular weight excluding hydrogens is 326 g/mol. The molecule has 0 bridgehead atoms. The zero-order valence-corrected chi connectivity index (χ0v) is 10.8. The van der Waals surface area contributed by atoms with Crippen molar-refractivity contribution in [1.29, 1.82) is 0 Å². The Morgan fingerprint density at radius 3 is 1.61 bits per heavy atom. The number of rotatable bonds is 2. The fourth-order valence-electron chi connectivity index (χ4n) is 1.66. The molecule has 0 aliphatic heterocycles. The highest BCUT2D eigenvalue weighted by molar-refractivity contribution is 9.10. The van der Waals surface area contributed by atoms with Crippen molar-refractivity contribution in [2.75, 3.05) is 0 Å². The van der Waals surface area contributed by atoms with Crippen molar-refractivity contribution < 1.29 is 26.3 Å². The van der Waals surface area contributed by atoms with Crippen LogP contribution in [0.1, 0.15) is 30.0 Å². The van der Waals surface area contributed by atoms with Gasteiger partial charge in [0.1, 0.15) is 0 Å². The Morgan fingerprint density at radius 1 is 0.944 bits per heavy atom. The van der Waals surface area contributed by atoms with Gasteiger partial charge >= 0.3 is 12.4 Å². The topological polar surface area (TPSA) is 0 Å². The first kappa shape index (κ1) is 15.3. The molecule has 18 heavy (non-hydrogen) atoms. The summed E-state index contributed by atoms with van der Waals surface area (Å²) >= 11 is 2.68. The summed E-state index contributed by atoms with van der Waals surface area (Å²) in [6.45, 7) is 1.53. The third-order valence-electron chi connectivity index (χ3n) is 2.33. The van der Waals surface area contributed by atoms with Crippen molar-refractivity contribution in [3.05, 3.63) is 33.3 Å². The van der Waals surface area contributed by atoms with Crippen molar-refractivity contribution in [2.24, 2.45) is 0 Å². The van der Waals surface area contributed by atoms with Gasteiger partial charge in [0.05, 0.1) is 11.1 Å². The molecule has 0 amide bonds. The Kier molecular flexibility index (Phi) is 4.35. The van der Waals surface area contributed by atoms with Gasteiger partial charge in [-0.3, -0.25) is 0 Å². The molecule has 0 nitrogen and oxygen atoms in total. The molecule has 102 valence electrons. The predicted octanol–water partition coefficient (Wildman–Crippen LogP) is 5.44. The molecular formula is C11H9BrF6. The summed E-state index contributed by atoms with van der Waals surface area (Å²) in [4.78, 5) is 0. The number of hydrogen-bond donors (Lipinski definition) is 0. The summed E-state index contributed by atoms with van der Waals surface area (Å²) in [5, 5.41) is 0. The number of hydrogen-bond acceptors (Lipinski definition) is 0. The maximum absolute atomic E-state index is 12.7. The largest absolute Gasteiger partial charge is 0.416 e. The van der Waals surface area contributed by atoms with E-state index in [4.69, 9.17) is 0 Å². The summed E-state index contributed by atoms with van der Waals surface area (Å²) in [5.74, 6) is 0. The lowest BCUT2D eigenvalue weighted by Crippen LogP contribution is -2.16. The van der Waals surface area contributed by atoms with E-state index in [-0.39, 0.29) is 17.3 Å². The maximum atomic E-state index is 12.7. The molecule has 0 saturated carbocycles. The number of halogens is 7. The fraction of sp³-hybridized carbons (Fsp3) is 0.455. The van der Waals surface area contributed by atoms with E-state index in [2.05, 4.69) is 15.9 Å². The molecule has 0 saturated heterocycles. The average molecular weight is 335 g/mol. The van der Waals surface area contributed by atoms with Gasteiger partial charge in [-0.05, 0) is 24.1 Å². The van der Waals surface area contributed by atoms with Crippen LogP contribution in [0.4, 0.5) is 26.3 Å². The first-order valence-corrected chi connectivity index (χ1v) is 5.83. The monoisotopic (exact) mass is 334 g/mol. The highest BCUT2D eigenvalue weighted by Crippen LogP contribution is 2.41. The Labute approximate surface area is 108 Å². The van der Waals surface area contributed by atoms with Crippen molar-refractivity contribution in [3.63, 3.8) is 0 Å². The second-order valence-electron chi connectivity index (χ2n) is 3.72. The second-order valence-corrected chi connectivity index (χ2v) is 4.64. The minimum absolute atomic E-state index is 0.202. The zero-order chi connectivity index (χ0) is 14.1. The Hall–Kier alpha value is -0.720. The van der Waals surface area contributed by atoms with Crippen molar-refractivity contribution >= 4 is 15.9 Å². The van der Waals surface area contributed by atoms with Gasteiger partial charge in [-0.15, -0.1) is 0 Å². The van der Waals surface area contributed by atoms with Crippen LogP contribution in [0.15, 0.2) is 16.6 Å². The van der Waals surface area contributed by atoms with Gasteiger partial charge in [-0.2, -0.15) is 26.3 Å². The lowest BCUT2D eigenvalue weighted by Gasteiger charge is -2.19. The molecule has 0 unspecified atom stereocenters. The van der Waals surface area contributed by atoms with E-state index in [0.717, 1.165) is 0 Å². The zero-order valence-electron chi connectivity index (χ0n) is 9.21. The first-order valence-electron chi connectivity index (χ1n) is 5.04. The van der Waals surface area contributed by atoms with Gasteiger partial charge < -0.3 is 0 Å². The minimum atomic E-state index is -4.80. The Bertz CT molecular complexity index is 397. The van der Waals surface area contributed by atoms with E-state index in [0.29, 0.717) is 12.1 Å². The van der Waals surface area contributed by atoms with Crippen LogP contribution in [-0.2, 0) is 18.8 Å². The molecule has 0 fully saturated rings. The molecule has 0 atom stereocenters. The van der Waals surface area contributed by atoms with Gasteiger partial charge in [0.15, 0.2) is 0 Å². The summed E-state index contributed by atoms with van der Waals surface area (Å²) in [6, 6.07) is 1.36. The summed E-state index contributed by atoms with van der Waals surface area (Å²) < 4.78 is 76.2. The Balaban J connectivity index is 3.56. The lowest BCUT2D eigenvalue weighted by molar-refractivity contribution is -0.144. The molecule has 1 aromatic rings. The van der Waals surface area contributed by atoms with Gasteiger partial charge in [-0.25, -0.2) is 0 Å². The predicted molar refractivity (Wildman–Crippen MR) is 58.1 cm³/mol. The molecule has 0 spiro atoms. The van der Waals surface area contributed by atoms with Crippen LogP contribution in [0.2, 0.25) is 0 Å². The van der Waals surface area contributed by atoms with Gasteiger partial charge in [-0.1, -0.05) is 29.3 Å². The van der Waals surface area contributed by atoms with Crippen LogP contribution in [0.25, 0.3) is 0 Å². The van der Waals surface area contributed by atoms with Gasteiger partial charge in [0, 0.05) is 4.47 Å². The number of alkyl halides is 6. The third-order valence-corrected chi connectivity index (χ3v) is 2.78. The van der Waals surface area contributed by atoms with Crippen LogP contribution in [0, 0.1) is 0 Å². The molecule has 0 aliphatic rings. The van der Waals surface area contributed by atoms with Gasteiger partial charge in [0.2, 0.25) is 0 Å². The highest BCUT2D eigenvalue weighted by atomic mass is 79.9. The molecule has 0 aliphatic carbocycles. The minimum Gasteiger partial charge on any atom is -0.166 e. The third kappa shape index (κ3) is 3.40. The van der Waals surface area contributed by atoms with Crippen LogP contribution >= 0.6 is 15.9 Å². The molecule has 0 N–H and O–H groups in total. The van der Waals surface area contributed by atoms with E-state index in [9.17, 15) is 26.3 Å². The smallest absolute Gasteiger partial charge is 0.166 e. The lowest BCUT2D eigenvalue weighted by atomic mass is 9.96. The molecule has 0 radical (unpaired) electrons. The molecule has 0 aromatic heterocycles. The fourth-order valence-corrected chi connectivity index (χ4v) is 2.12. The average Bonchev–Trinajstić information content (AvgIpc) is 2.17. The van der Waals surface area contributed by atoms with Crippen molar-refractivity contribution in [2.45, 2.75) is 32.1 Å². The summed E-state index contributed by atoms with van der Waals surface area (Å²) in [5.41, 5.74) is -3.15. The quantitative estimate of drug-likeness (QED) is 0.632. The molecule has 7 heteroatoms. The van der Waals surface area contributed by atoms with Gasteiger partial charge in [0.25, 0.3) is 0 Å². The number of benzene rings is 1. The van der Waals surface area contributed by atoms with Crippen LogP contribution in [0.3, 0.4) is 0 Å². The molecule has 0 heterocycles. The van der Waals surface area contributed by atoms with Crippen molar-refractivity contribution in [1.82, 2.24) is 0 Å². The SMILES string of the molecule is CCCc1c(C(F)(F)F)cc(Br)cc1C(F)(F)F. The molecule has 1 rings (SSSR count). The van der Waals surface area contributed by atoms with E-state index >= 15 is 0 Å². The van der Waals surface area contributed by atoms with Crippen LogP contribution < -0.4 is 0 Å². The van der Waals surface area contributed by atoms with E-state index in [1.807, 2.05) is 0 Å². The molecule has 1 aromatic carbocycles. The summed E-state index contributed by atoms with van der Waals surface area (Å²) in [6.07, 6.45) is -9.66. The van der Waals surface area contributed by atoms with Crippen LogP contribution in [-0.4, -0.2) is 0 Å². The standard InChI is InChI=1S/C11H9BrF6/c1-2-3-7-8(10(13,14)15)4-6(12)5-9(7)11(16,17)18/h4-5H,2-3H2,1H3. The highest BCUT2D eigenvalue weighted by Gasteiger charge is 2.40. The van der Waals surface area contributed by atoms with E-state index in [1.165, 1.54) is 6.92 Å². The second kappa shape index (κ2) is 5.11. The first-order chi connectivity index (χ1) is 8.07. The Morgan fingerprint density at radius 2 is 1.33 bits per heavy atom.